The van der Waals surface area contributed by atoms with E-state index in [1.165, 1.54) is 11.1 Å². The highest BCUT2D eigenvalue weighted by atomic mass is 16.4. The van der Waals surface area contributed by atoms with Crippen LogP contribution in [0.3, 0.4) is 0 Å². The number of likely N-dealkylation sites (tertiary alicyclic amines) is 1. The van der Waals surface area contributed by atoms with E-state index < -0.39 is 54.3 Å². The van der Waals surface area contributed by atoms with Gasteiger partial charge in [-0.1, -0.05) is 68.4 Å². The zero-order valence-electron chi connectivity index (χ0n) is 22.3. The first-order valence-corrected chi connectivity index (χ1v) is 13.2. The van der Waals surface area contributed by atoms with E-state index in [-0.39, 0.29) is 11.6 Å². The maximum atomic E-state index is 14.2. The number of aliphatic carboxylic acids is 1. The molecule has 4 rings (SSSR count). The van der Waals surface area contributed by atoms with Crippen LogP contribution in [0, 0.1) is 5.92 Å². The Hall–Kier alpha value is -4.60. The lowest BCUT2D eigenvalue weighted by molar-refractivity contribution is -0.144. The van der Waals surface area contributed by atoms with Gasteiger partial charge in [0.05, 0.1) is 18.5 Å². The van der Waals surface area contributed by atoms with Crippen molar-refractivity contribution in [3.63, 3.8) is 0 Å². The highest BCUT2D eigenvalue weighted by molar-refractivity contribution is 6.06. The summed E-state index contributed by atoms with van der Waals surface area (Å²) in [6, 6.07) is 14.8. The average molecular weight is 545 g/mol. The van der Waals surface area contributed by atoms with Crippen molar-refractivity contribution >= 4 is 40.7 Å². The Balaban J connectivity index is 1.65. The van der Waals surface area contributed by atoms with E-state index in [9.17, 15) is 24.0 Å². The number of amides is 3. The lowest BCUT2D eigenvalue weighted by atomic mass is 9.99. The van der Waals surface area contributed by atoms with Crippen LogP contribution in [0.15, 0.2) is 66.9 Å². The number of carbonyl (C=O) groups excluding carboxylic acids is 4. The Labute approximate surface area is 231 Å². The Kier molecular flexibility index (Phi) is 8.88. The predicted molar refractivity (Wildman–Crippen MR) is 147 cm³/mol. The monoisotopic (exact) mass is 544 g/mol. The molecule has 1 saturated heterocycles. The van der Waals surface area contributed by atoms with Gasteiger partial charge in [-0.15, -0.1) is 0 Å². The second-order valence-corrected chi connectivity index (χ2v) is 10.2. The maximum Gasteiger partial charge on any atom is 0.305 e. The lowest BCUT2D eigenvalue weighted by Crippen LogP contribution is -2.56. The molecule has 2 aromatic carbocycles. The molecule has 2 heterocycles. The van der Waals surface area contributed by atoms with Crippen molar-refractivity contribution in [1.82, 2.24) is 20.5 Å². The van der Waals surface area contributed by atoms with E-state index in [2.05, 4.69) is 15.6 Å². The molecule has 0 bridgehead atoms. The molecule has 0 spiro atoms. The van der Waals surface area contributed by atoms with Crippen molar-refractivity contribution in [1.29, 1.82) is 0 Å². The molecule has 3 N–H and O–H groups in total. The number of benzene rings is 2. The van der Waals surface area contributed by atoms with Crippen LogP contribution in [0.25, 0.3) is 10.8 Å². The van der Waals surface area contributed by atoms with Crippen LogP contribution in [-0.2, 0) is 19.2 Å². The van der Waals surface area contributed by atoms with Crippen LogP contribution < -0.4 is 10.6 Å². The van der Waals surface area contributed by atoms with Crippen molar-refractivity contribution in [3.05, 3.63) is 78.1 Å². The van der Waals surface area contributed by atoms with Crippen LogP contribution in [0.2, 0.25) is 0 Å². The largest absolute Gasteiger partial charge is 0.481 e. The molecule has 1 aliphatic rings. The van der Waals surface area contributed by atoms with Crippen LogP contribution in [-0.4, -0.2) is 63.1 Å². The molecule has 1 aromatic heterocycles. The zero-order valence-corrected chi connectivity index (χ0v) is 22.3. The molecule has 40 heavy (non-hydrogen) atoms. The van der Waals surface area contributed by atoms with E-state index in [0.29, 0.717) is 24.5 Å². The van der Waals surface area contributed by atoms with Gasteiger partial charge >= 0.3 is 5.97 Å². The summed E-state index contributed by atoms with van der Waals surface area (Å²) in [5.41, 5.74) is 1.02. The summed E-state index contributed by atoms with van der Waals surface area (Å²) in [4.78, 5) is 69.2. The molecule has 0 radical (unpaired) electrons. The van der Waals surface area contributed by atoms with Gasteiger partial charge in [0.15, 0.2) is 0 Å². The Morgan fingerprint density at radius 1 is 1.00 bits per heavy atom. The van der Waals surface area contributed by atoms with E-state index in [1.807, 2.05) is 42.5 Å². The normalized spacial score (nSPS) is 18.2. The van der Waals surface area contributed by atoms with Crippen molar-refractivity contribution in [2.24, 2.45) is 5.92 Å². The molecular formula is C30H32N4O6. The molecule has 4 atom stereocenters. The number of carboxylic acid groups (broad SMARTS) is 1. The zero-order chi connectivity index (χ0) is 28.8. The van der Waals surface area contributed by atoms with Gasteiger partial charge in [0, 0.05) is 11.6 Å². The molecule has 208 valence electrons. The summed E-state index contributed by atoms with van der Waals surface area (Å²) in [5.74, 6) is -3.14. The van der Waals surface area contributed by atoms with Crippen molar-refractivity contribution < 1.29 is 29.1 Å². The average Bonchev–Trinajstić information content (AvgIpc) is 3.40. The number of hydrogen-bond donors (Lipinski definition) is 3. The van der Waals surface area contributed by atoms with E-state index in [0.717, 1.165) is 10.9 Å². The minimum atomic E-state index is -1.23. The highest BCUT2D eigenvalue weighted by Crippen LogP contribution is 2.37. The predicted octanol–water partition coefficient (Wildman–Crippen LogP) is 2.88. The van der Waals surface area contributed by atoms with Gasteiger partial charge in [-0.05, 0) is 35.8 Å². The number of fused-ring (bicyclic) bond motifs is 1. The van der Waals surface area contributed by atoms with Crippen LogP contribution in [0.5, 0.6) is 0 Å². The molecule has 3 aromatic rings. The Morgan fingerprint density at radius 3 is 2.38 bits per heavy atom. The summed E-state index contributed by atoms with van der Waals surface area (Å²) in [7, 11) is 0. The third-order valence-electron chi connectivity index (χ3n) is 7.12. The summed E-state index contributed by atoms with van der Waals surface area (Å²) in [5, 5.41) is 15.9. The summed E-state index contributed by atoms with van der Waals surface area (Å²) < 4.78 is 0. The van der Waals surface area contributed by atoms with E-state index in [4.69, 9.17) is 5.11 Å². The fourth-order valence-electron chi connectivity index (χ4n) is 5.16. The van der Waals surface area contributed by atoms with Gasteiger partial charge in [0.1, 0.15) is 24.1 Å². The fourth-order valence-corrected chi connectivity index (χ4v) is 5.16. The van der Waals surface area contributed by atoms with Crippen molar-refractivity contribution in [2.45, 2.75) is 57.3 Å². The standard InChI is InChI=1S/C30H32N4O6/c1-18(2)26(33-29(39)27-22-11-7-6-8-19(22)14-15-31-27)30(40)34-23(20-9-4-3-5-10-20)12-13-24(34)28(38)32-21(17-35)16-25(36)37/h3-11,14-15,17-18,21,23-24,26H,12-13,16H2,1-2H3,(H,32,38)(H,33,39)(H,36,37)/t21-,23+,24-,26-/m0/s1. The number of aldehydes is 1. The van der Waals surface area contributed by atoms with E-state index in [1.54, 1.807) is 32.0 Å². The highest BCUT2D eigenvalue weighted by Gasteiger charge is 2.45. The van der Waals surface area contributed by atoms with E-state index >= 15 is 0 Å². The Morgan fingerprint density at radius 2 is 1.70 bits per heavy atom. The molecule has 10 nitrogen and oxygen atoms in total. The molecule has 1 fully saturated rings. The second kappa shape index (κ2) is 12.5. The first-order valence-electron chi connectivity index (χ1n) is 13.2. The number of nitrogens with one attached hydrogen (secondary N) is 2. The maximum absolute atomic E-state index is 14.2. The molecule has 0 unspecified atom stereocenters. The van der Waals surface area contributed by atoms with Crippen molar-refractivity contribution in [3.8, 4) is 0 Å². The third kappa shape index (κ3) is 6.17. The molecular weight excluding hydrogens is 512 g/mol. The minimum absolute atomic E-state index is 0.189. The van der Waals surface area contributed by atoms with Crippen molar-refractivity contribution in [2.75, 3.05) is 0 Å². The third-order valence-corrected chi connectivity index (χ3v) is 7.12. The fraction of sp³-hybridized carbons (Fsp3) is 0.333. The van der Waals surface area contributed by atoms with Gasteiger partial charge < -0.3 is 25.4 Å². The van der Waals surface area contributed by atoms with Gasteiger partial charge in [-0.3, -0.25) is 24.2 Å². The number of nitrogens with zero attached hydrogens (tertiary/aromatic N) is 2. The number of hydrogen-bond acceptors (Lipinski definition) is 6. The van der Waals surface area contributed by atoms with Crippen LogP contribution >= 0.6 is 0 Å². The van der Waals surface area contributed by atoms with Crippen LogP contribution in [0.4, 0.5) is 0 Å². The molecule has 0 aliphatic carbocycles. The summed E-state index contributed by atoms with van der Waals surface area (Å²) in [6.45, 7) is 3.61. The smallest absolute Gasteiger partial charge is 0.305 e. The second-order valence-electron chi connectivity index (χ2n) is 10.2. The van der Waals surface area contributed by atoms with Gasteiger partial charge in [0.2, 0.25) is 11.8 Å². The number of carboxylic acids is 1. The number of pyridine rings is 1. The number of aromatic nitrogens is 1. The summed E-state index contributed by atoms with van der Waals surface area (Å²) in [6.07, 6.45) is 2.12. The van der Waals surface area contributed by atoms with Gasteiger partial charge in [0.25, 0.3) is 5.91 Å². The molecule has 10 heteroatoms. The quantitative estimate of drug-likeness (QED) is 0.333. The molecule has 0 saturated carbocycles. The molecule has 1 aliphatic heterocycles. The summed E-state index contributed by atoms with van der Waals surface area (Å²) >= 11 is 0. The minimum Gasteiger partial charge on any atom is -0.481 e. The number of rotatable bonds is 10. The van der Waals surface area contributed by atoms with Gasteiger partial charge in [-0.25, -0.2) is 0 Å². The molecule has 3 amide bonds. The number of carbonyl (C=O) groups is 5. The van der Waals surface area contributed by atoms with Crippen LogP contribution in [0.1, 0.15) is 55.2 Å². The first-order chi connectivity index (χ1) is 19.2. The Bertz CT molecular complexity index is 1400. The topological polar surface area (TPSA) is 146 Å². The lowest BCUT2D eigenvalue weighted by Gasteiger charge is -2.35. The SMILES string of the molecule is CC(C)[C@H](NC(=O)c1nccc2ccccc12)C(=O)N1[C@@H](c2ccccc2)CC[C@H]1C(=O)N[C@H](C=O)CC(=O)O. The first kappa shape index (κ1) is 28.4. The van der Waals surface area contributed by atoms with Gasteiger partial charge in [-0.2, -0.15) is 0 Å².